The normalized spacial score (nSPS) is 15.6. The molecule has 0 bridgehead atoms. The Labute approximate surface area is 234 Å². The maximum Gasteiger partial charge on any atom is 0.408 e. The number of carbonyl (C=O) groups excluding carboxylic acids is 3. The van der Waals surface area contributed by atoms with Crippen molar-refractivity contribution < 1.29 is 33.4 Å². The second-order valence-electron chi connectivity index (χ2n) is 11.2. The molecule has 0 saturated carbocycles. The lowest BCUT2D eigenvalue weighted by Crippen LogP contribution is -2.40. The topological polar surface area (TPSA) is 149 Å². The van der Waals surface area contributed by atoms with E-state index in [9.17, 15) is 28.7 Å². The number of amides is 2. The summed E-state index contributed by atoms with van der Waals surface area (Å²) in [6.07, 6.45) is -1.26. The van der Waals surface area contributed by atoms with Gasteiger partial charge in [0.1, 0.15) is 18.0 Å². The molecule has 11 nitrogen and oxygen atoms in total. The molecule has 216 valence electrons. The van der Waals surface area contributed by atoms with E-state index in [2.05, 4.69) is 10.6 Å². The first kappa shape index (κ1) is 28.2. The molecule has 41 heavy (non-hydrogen) atoms. The fourth-order valence-electron chi connectivity index (χ4n) is 5.15. The van der Waals surface area contributed by atoms with Crippen molar-refractivity contribution in [2.75, 3.05) is 13.1 Å². The zero-order chi connectivity index (χ0) is 29.6. The van der Waals surface area contributed by atoms with E-state index in [1.54, 1.807) is 39.8 Å². The fourth-order valence-corrected chi connectivity index (χ4v) is 5.15. The predicted octanol–water partition coefficient (Wildman–Crippen LogP) is 2.54. The van der Waals surface area contributed by atoms with Gasteiger partial charge in [-0.3, -0.25) is 9.59 Å². The summed E-state index contributed by atoms with van der Waals surface area (Å²) in [6.45, 7) is 6.90. The molecule has 3 aromatic rings. The largest absolute Gasteiger partial charge is 0.458 e. The molecular weight excluding hydrogens is 535 g/mol. The molecule has 12 heteroatoms. The minimum atomic E-state index is -1.57. The Morgan fingerprint density at radius 3 is 2.68 bits per heavy atom. The summed E-state index contributed by atoms with van der Waals surface area (Å²) >= 11 is 0. The molecule has 0 aliphatic carbocycles. The molecule has 0 saturated heterocycles. The number of ether oxygens (including phenoxy) is 2. The van der Waals surface area contributed by atoms with Gasteiger partial charge in [-0.15, -0.1) is 0 Å². The van der Waals surface area contributed by atoms with Gasteiger partial charge in [0.25, 0.3) is 5.56 Å². The number of hydrogen-bond acceptors (Lipinski definition) is 8. The number of aryl methyl sites for hydroxylation is 2. The molecule has 2 amide bonds. The maximum absolute atomic E-state index is 14.6. The highest BCUT2D eigenvalue weighted by atomic mass is 19.1. The summed E-state index contributed by atoms with van der Waals surface area (Å²) in [5.74, 6) is -1.62. The number of nitrogens with zero attached hydrogens (tertiary/aromatic N) is 2. The van der Waals surface area contributed by atoms with E-state index in [1.807, 2.05) is 0 Å². The molecule has 3 N–H and O–H groups in total. The van der Waals surface area contributed by atoms with Crippen LogP contribution in [0.25, 0.3) is 22.3 Å². The van der Waals surface area contributed by atoms with Crippen molar-refractivity contribution in [1.29, 1.82) is 0 Å². The highest BCUT2D eigenvalue weighted by molar-refractivity contribution is 5.89. The van der Waals surface area contributed by atoms with Crippen LogP contribution < -0.4 is 16.2 Å². The number of aliphatic hydroxyl groups is 1. The summed E-state index contributed by atoms with van der Waals surface area (Å²) in [5.41, 5.74) is 2.75. The number of aliphatic hydroxyl groups excluding tert-OH is 1. The van der Waals surface area contributed by atoms with Gasteiger partial charge in [-0.1, -0.05) is 0 Å². The number of rotatable bonds is 6. The van der Waals surface area contributed by atoms with Crippen LogP contribution in [0.2, 0.25) is 0 Å². The van der Waals surface area contributed by atoms with Gasteiger partial charge in [0.05, 0.1) is 35.6 Å². The first-order valence-corrected chi connectivity index (χ1v) is 13.3. The number of fused-ring (bicyclic) bond motifs is 5. The van der Waals surface area contributed by atoms with Crippen LogP contribution in [0.5, 0.6) is 0 Å². The van der Waals surface area contributed by atoms with E-state index < -0.39 is 29.6 Å². The monoisotopic (exact) mass is 566 g/mol. The van der Waals surface area contributed by atoms with Crippen molar-refractivity contribution in [3.8, 4) is 11.4 Å². The number of benzene rings is 1. The first-order chi connectivity index (χ1) is 19.3. The van der Waals surface area contributed by atoms with Crippen LogP contribution in [0.3, 0.4) is 0 Å². The third-order valence-corrected chi connectivity index (χ3v) is 7.07. The number of esters is 1. The van der Waals surface area contributed by atoms with E-state index in [0.29, 0.717) is 41.9 Å². The average molecular weight is 567 g/mol. The Balaban J connectivity index is 1.40. The fraction of sp³-hybridized carbons (Fsp3) is 0.414. The SMILES string of the molecule is Cc1cc2c(CCCNC(=O)CNC(=O)OC(C)(C)C)c3c(nc2cc1F)-c1cc2c(c(=O)n1C3)COC(=O)C2O. The van der Waals surface area contributed by atoms with Gasteiger partial charge < -0.3 is 29.8 Å². The van der Waals surface area contributed by atoms with E-state index >= 15 is 0 Å². The molecule has 1 unspecified atom stereocenters. The van der Waals surface area contributed by atoms with Gasteiger partial charge in [0, 0.05) is 29.1 Å². The second kappa shape index (κ2) is 10.6. The molecule has 2 aliphatic rings. The molecule has 1 atom stereocenters. The van der Waals surface area contributed by atoms with Crippen LogP contribution in [0, 0.1) is 12.7 Å². The summed E-state index contributed by atoms with van der Waals surface area (Å²) in [5, 5.41) is 16.3. The van der Waals surface area contributed by atoms with Crippen molar-refractivity contribution in [2.45, 2.75) is 65.4 Å². The summed E-state index contributed by atoms with van der Waals surface area (Å²) in [6, 6.07) is 4.66. The number of halogens is 1. The van der Waals surface area contributed by atoms with Crippen LogP contribution in [0.1, 0.15) is 61.1 Å². The molecule has 2 aliphatic heterocycles. The highest BCUT2D eigenvalue weighted by Gasteiger charge is 2.34. The minimum absolute atomic E-state index is 0.187. The Bertz CT molecular complexity index is 1660. The zero-order valence-corrected chi connectivity index (χ0v) is 23.2. The highest BCUT2D eigenvalue weighted by Crippen LogP contribution is 2.38. The lowest BCUT2D eigenvalue weighted by molar-refractivity contribution is -0.157. The minimum Gasteiger partial charge on any atom is -0.458 e. The third-order valence-electron chi connectivity index (χ3n) is 7.07. The molecule has 4 heterocycles. The number of alkyl carbamates (subject to hydrolysis) is 1. The molecule has 1 aromatic carbocycles. The van der Waals surface area contributed by atoms with Crippen molar-refractivity contribution in [3.63, 3.8) is 0 Å². The smallest absolute Gasteiger partial charge is 0.408 e. The van der Waals surface area contributed by atoms with Crippen molar-refractivity contribution in [1.82, 2.24) is 20.2 Å². The Morgan fingerprint density at radius 2 is 1.95 bits per heavy atom. The van der Waals surface area contributed by atoms with E-state index in [-0.39, 0.29) is 42.3 Å². The number of hydrogen-bond donors (Lipinski definition) is 3. The van der Waals surface area contributed by atoms with Crippen LogP contribution in [-0.2, 0) is 38.6 Å². The van der Waals surface area contributed by atoms with E-state index in [1.165, 1.54) is 10.6 Å². The number of pyridine rings is 2. The number of carbonyl (C=O) groups is 3. The van der Waals surface area contributed by atoms with E-state index in [0.717, 1.165) is 16.5 Å². The molecule has 0 fully saturated rings. The van der Waals surface area contributed by atoms with Gasteiger partial charge in [0.15, 0.2) is 6.10 Å². The van der Waals surface area contributed by atoms with Crippen LogP contribution >= 0.6 is 0 Å². The Hall–Kier alpha value is -4.32. The molecule has 0 spiro atoms. The van der Waals surface area contributed by atoms with Gasteiger partial charge in [-0.05, 0) is 63.8 Å². The Kier molecular flexibility index (Phi) is 7.28. The van der Waals surface area contributed by atoms with Crippen molar-refractivity contribution in [3.05, 3.63) is 62.2 Å². The summed E-state index contributed by atoms with van der Waals surface area (Å²) in [4.78, 5) is 54.0. The maximum atomic E-state index is 14.6. The van der Waals surface area contributed by atoms with Crippen LogP contribution in [-0.4, -0.2) is 51.3 Å². The number of cyclic esters (lactones) is 1. The average Bonchev–Trinajstić information content (AvgIpc) is 3.26. The van der Waals surface area contributed by atoms with Gasteiger partial charge in [-0.2, -0.15) is 0 Å². The number of aromatic nitrogens is 2. The number of nitrogens with one attached hydrogen (secondary N) is 2. The van der Waals surface area contributed by atoms with Gasteiger partial charge in [-0.25, -0.2) is 19.0 Å². The molecule has 5 rings (SSSR count). The lowest BCUT2D eigenvalue weighted by atomic mass is 9.95. The van der Waals surface area contributed by atoms with Gasteiger partial charge in [0.2, 0.25) is 5.91 Å². The molecule has 0 radical (unpaired) electrons. The summed E-state index contributed by atoms with van der Waals surface area (Å²) in [7, 11) is 0. The van der Waals surface area contributed by atoms with Crippen LogP contribution in [0.4, 0.5) is 9.18 Å². The Morgan fingerprint density at radius 1 is 1.20 bits per heavy atom. The zero-order valence-electron chi connectivity index (χ0n) is 23.2. The molecule has 2 aromatic heterocycles. The predicted molar refractivity (Wildman–Crippen MR) is 146 cm³/mol. The molecular formula is C29H31FN4O7. The third kappa shape index (κ3) is 5.51. The second-order valence-corrected chi connectivity index (χ2v) is 11.2. The lowest BCUT2D eigenvalue weighted by Gasteiger charge is -2.21. The summed E-state index contributed by atoms with van der Waals surface area (Å²) < 4.78 is 26.2. The standard InChI is InChI=1S/C29H31FN4O7/c1-14-8-16-15(6-5-7-31-23(35)11-32-28(39)41-29(2,3)4)18-12-34-22(24(18)33-21(16)10-20(14)30)9-17-19(26(34)37)13-40-27(38)25(17)36/h8-10,25,36H,5-7,11-13H2,1-4H3,(H,31,35)(H,32,39). The van der Waals surface area contributed by atoms with Crippen molar-refractivity contribution in [2.24, 2.45) is 0 Å². The van der Waals surface area contributed by atoms with Gasteiger partial charge >= 0.3 is 12.1 Å². The quantitative estimate of drug-likeness (QED) is 0.238. The van der Waals surface area contributed by atoms with Crippen LogP contribution in [0.15, 0.2) is 23.0 Å². The first-order valence-electron chi connectivity index (χ1n) is 13.3. The van der Waals surface area contributed by atoms with E-state index in [4.69, 9.17) is 14.5 Å². The van der Waals surface area contributed by atoms with Crippen molar-refractivity contribution >= 4 is 28.9 Å².